The van der Waals surface area contributed by atoms with Crippen LogP contribution >= 0.6 is 11.3 Å². The van der Waals surface area contributed by atoms with Crippen molar-refractivity contribution in [1.29, 1.82) is 0 Å². The van der Waals surface area contributed by atoms with Gasteiger partial charge in [0.15, 0.2) is 5.13 Å². The number of imide groups is 1. The van der Waals surface area contributed by atoms with Crippen LogP contribution in [-0.4, -0.2) is 42.0 Å². The number of aromatic nitrogens is 1. The van der Waals surface area contributed by atoms with Gasteiger partial charge in [-0.25, -0.2) is 9.37 Å². The number of carbonyl (C=O) groups excluding carboxylic acids is 3. The molecule has 164 valence electrons. The maximum atomic E-state index is 13.7. The van der Waals surface area contributed by atoms with Crippen molar-refractivity contribution in [1.82, 2.24) is 4.98 Å². The lowest BCUT2D eigenvalue weighted by molar-refractivity contribution is -0.121. The first kappa shape index (κ1) is 20.7. The maximum Gasteiger partial charge on any atom is 0.260 e. The molecule has 32 heavy (non-hydrogen) atoms. The number of hydrogen-bond donors (Lipinski definition) is 0. The highest BCUT2D eigenvalue weighted by molar-refractivity contribution is 7.22. The number of fused-ring (bicyclic) bond motifs is 1. The van der Waals surface area contributed by atoms with Gasteiger partial charge >= 0.3 is 0 Å². The number of carbonyl (C=O) groups is 3. The monoisotopic (exact) mass is 453 g/mol. The molecule has 0 spiro atoms. The van der Waals surface area contributed by atoms with Gasteiger partial charge in [-0.2, -0.15) is 0 Å². The van der Waals surface area contributed by atoms with Gasteiger partial charge in [-0.05, 0) is 49.2 Å². The highest BCUT2D eigenvalue weighted by atomic mass is 32.1. The van der Waals surface area contributed by atoms with Gasteiger partial charge in [-0.1, -0.05) is 17.4 Å². The number of amides is 3. The summed E-state index contributed by atoms with van der Waals surface area (Å²) in [4.78, 5) is 45.1. The zero-order valence-electron chi connectivity index (χ0n) is 17.1. The Morgan fingerprint density at radius 1 is 1.19 bits per heavy atom. The van der Waals surface area contributed by atoms with E-state index in [2.05, 4.69) is 4.98 Å². The van der Waals surface area contributed by atoms with E-state index in [4.69, 9.17) is 4.74 Å². The van der Waals surface area contributed by atoms with Crippen LogP contribution < -0.4 is 9.80 Å². The third-order valence-corrected chi connectivity index (χ3v) is 6.67. The van der Waals surface area contributed by atoms with E-state index < -0.39 is 0 Å². The predicted molar refractivity (Wildman–Crippen MR) is 118 cm³/mol. The average molecular weight is 453 g/mol. The lowest BCUT2D eigenvalue weighted by Crippen LogP contribution is -2.37. The molecule has 3 amide bonds. The standard InChI is InChI=1S/C23H20FN3O4S/c24-15-6-7-18-19(12-15)32-23(25-18)26(13-17-5-2-10-31-17)22(30)14-3-1-4-16(11-14)27-20(28)8-9-21(27)29/h1,3-4,6-7,11-12,17H,2,5,8-10,13H2. The van der Waals surface area contributed by atoms with Gasteiger partial charge in [-0.15, -0.1) is 0 Å². The second-order valence-corrected chi connectivity index (χ2v) is 8.84. The molecule has 0 bridgehead atoms. The summed E-state index contributed by atoms with van der Waals surface area (Å²) in [7, 11) is 0. The largest absolute Gasteiger partial charge is 0.376 e. The molecule has 2 aliphatic heterocycles. The molecule has 2 aromatic carbocycles. The zero-order valence-corrected chi connectivity index (χ0v) is 17.9. The van der Waals surface area contributed by atoms with Gasteiger partial charge in [0.05, 0.1) is 28.6 Å². The van der Waals surface area contributed by atoms with Crippen molar-refractivity contribution in [3.8, 4) is 0 Å². The molecule has 1 unspecified atom stereocenters. The number of ether oxygens (including phenoxy) is 1. The Kier molecular flexibility index (Phi) is 5.44. The number of thiazole rings is 1. The summed E-state index contributed by atoms with van der Waals surface area (Å²) in [5.41, 5.74) is 1.32. The molecule has 1 aromatic heterocycles. The number of benzene rings is 2. The van der Waals surface area contributed by atoms with Crippen LogP contribution in [0.3, 0.4) is 0 Å². The topological polar surface area (TPSA) is 79.8 Å². The average Bonchev–Trinajstić information content (AvgIpc) is 3.52. The molecule has 2 aliphatic rings. The van der Waals surface area contributed by atoms with Gasteiger partial charge in [0, 0.05) is 25.0 Å². The summed E-state index contributed by atoms with van der Waals surface area (Å²) in [6.45, 7) is 0.958. The normalized spacial score (nSPS) is 18.7. The molecular weight excluding hydrogens is 433 g/mol. The van der Waals surface area contributed by atoms with E-state index in [0.717, 1.165) is 17.7 Å². The fourth-order valence-corrected chi connectivity index (χ4v) is 5.04. The molecule has 9 heteroatoms. The quantitative estimate of drug-likeness (QED) is 0.547. The van der Waals surface area contributed by atoms with Crippen LogP contribution in [0.1, 0.15) is 36.0 Å². The van der Waals surface area contributed by atoms with Crippen LogP contribution in [0.2, 0.25) is 0 Å². The predicted octanol–water partition coefficient (Wildman–Crippen LogP) is 3.91. The van der Waals surface area contributed by atoms with E-state index in [9.17, 15) is 18.8 Å². The Hall–Kier alpha value is -3.17. The molecule has 0 radical (unpaired) electrons. The van der Waals surface area contributed by atoms with E-state index in [1.165, 1.54) is 23.5 Å². The van der Waals surface area contributed by atoms with E-state index in [1.807, 2.05) is 0 Å². The SMILES string of the molecule is O=C(c1cccc(N2C(=O)CCC2=O)c1)N(CC1CCCO1)c1nc2ccc(F)cc2s1. The lowest BCUT2D eigenvalue weighted by atomic mass is 10.1. The number of anilines is 2. The lowest BCUT2D eigenvalue weighted by Gasteiger charge is -2.23. The number of halogens is 1. The summed E-state index contributed by atoms with van der Waals surface area (Å²) in [6, 6.07) is 10.8. The summed E-state index contributed by atoms with van der Waals surface area (Å²) < 4.78 is 20.1. The fraction of sp³-hybridized carbons (Fsp3) is 0.304. The third kappa shape index (κ3) is 3.89. The highest BCUT2D eigenvalue weighted by Gasteiger charge is 2.32. The smallest absolute Gasteiger partial charge is 0.260 e. The van der Waals surface area contributed by atoms with E-state index in [0.29, 0.717) is 39.8 Å². The molecule has 5 rings (SSSR count). The van der Waals surface area contributed by atoms with Crippen LogP contribution in [0.15, 0.2) is 42.5 Å². The zero-order chi connectivity index (χ0) is 22.2. The molecule has 3 aromatic rings. The van der Waals surface area contributed by atoms with Crippen molar-refractivity contribution in [2.75, 3.05) is 23.0 Å². The number of hydrogen-bond acceptors (Lipinski definition) is 6. The minimum Gasteiger partial charge on any atom is -0.376 e. The van der Waals surface area contributed by atoms with Crippen molar-refractivity contribution < 1.29 is 23.5 Å². The van der Waals surface area contributed by atoms with Gasteiger partial charge in [0.1, 0.15) is 5.82 Å². The molecule has 3 heterocycles. The first-order chi connectivity index (χ1) is 15.5. The second kappa shape index (κ2) is 8.40. The summed E-state index contributed by atoms with van der Waals surface area (Å²) in [5.74, 6) is -1.23. The molecular formula is C23H20FN3O4S. The van der Waals surface area contributed by atoms with Crippen LogP contribution in [0.4, 0.5) is 15.2 Å². The summed E-state index contributed by atoms with van der Waals surface area (Å²) >= 11 is 1.24. The van der Waals surface area contributed by atoms with Gasteiger partial charge in [0.25, 0.3) is 5.91 Å². The van der Waals surface area contributed by atoms with Crippen molar-refractivity contribution in [2.45, 2.75) is 31.8 Å². The second-order valence-electron chi connectivity index (χ2n) is 7.83. The Morgan fingerprint density at radius 2 is 2.00 bits per heavy atom. The molecule has 2 saturated heterocycles. The van der Waals surface area contributed by atoms with E-state index in [1.54, 1.807) is 35.2 Å². The minimum atomic E-state index is -0.364. The van der Waals surface area contributed by atoms with Crippen LogP contribution in [0.25, 0.3) is 10.2 Å². The van der Waals surface area contributed by atoms with Crippen molar-refractivity contribution in [3.05, 3.63) is 53.8 Å². The van der Waals surface area contributed by atoms with Crippen LogP contribution in [0, 0.1) is 5.82 Å². The Bertz CT molecular complexity index is 1200. The summed E-state index contributed by atoms with van der Waals surface area (Å²) in [5, 5.41) is 0.449. The van der Waals surface area contributed by atoms with Gasteiger partial charge in [-0.3, -0.25) is 24.2 Å². The molecule has 1 atom stereocenters. The number of nitrogens with zero attached hydrogens (tertiary/aromatic N) is 3. The fourth-order valence-electron chi connectivity index (χ4n) is 4.04. The van der Waals surface area contributed by atoms with Crippen LogP contribution in [-0.2, 0) is 14.3 Å². The van der Waals surface area contributed by atoms with Crippen molar-refractivity contribution in [3.63, 3.8) is 0 Å². The van der Waals surface area contributed by atoms with E-state index in [-0.39, 0.29) is 42.5 Å². The summed E-state index contributed by atoms with van der Waals surface area (Å²) in [6.07, 6.45) is 1.98. The Labute approximate surface area is 187 Å². The minimum absolute atomic E-state index is 0.118. The molecule has 0 N–H and O–H groups in total. The van der Waals surface area contributed by atoms with Crippen LogP contribution in [0.5, 0.6) is 0 Å². The molecule has 0 saturated carbocycles. The van der Waals surface area contributed by atoms with Gasteiger partial charge in [0.2, 0.25) is 11.8 Å². The Morgan fingerprint density at radius 3 is 2.75 bits per heavy atom. The first-order valence-electron chi connectivity index (χ1n) is 10.4. The van der Waals surface area contributed by atoms with Gasteiger partial charge < -0.3 is 4.74 Å². The molecule has 7 nitrogen and oxygen atoms in total. The van der Waals surface area contributed by atoms with E-state index >= 15 is 0 Å². The highest BCUT2D eigenvalue weighted by Crippen LogP contribution is 2.32. The number of rotatable bonds is 5. The maximum absolute atomic E-state index is 13.7. The molecule has 0 aliphatic carbocycles. The molecule has 2 fully saturated rings. The van der Waals surface area contributed by atoms with Crippen molar-refractivity contribution >= 4 is 50.1 Å². The Balaban J connectivity index is 1.50. The first-order valence-corrected chi connectivity index (χ1v) is 11.3. The van der Waals surface area contributed by atoms with Crippen molar-refractivity contribution in [2.24, 2.45) is 0 Å². The third-order valence-electron chi connectivity index (χ3n) is 5.63.